The Balaban J connectivity index is 1.94. The third kappa shape index (κ3) is 3.95. The molecule has 102 valence electrons. The summed E-state index contributed by atoms with van der Waals surface area (Å²) in [5.41, 5.74) is -0.531. The molecular weight excluding hydrogens is 266 g/mol. The second-order valence-corrected chi connectivity index (χ2v) is 7.10. The zero-order valence-electron chi connectivity index (χ0n) is 11.0. The number of nitrogens with zero attached hydrogens (tertiary/aromatic N) is 1. The molecule has 4 heteroatoms. The maximum Gasteiger partial charge on any atom is 0.0931 e. The van der Waals surface area contributed by atoms with Crippen LogP contribution in [-0.4, -0.2) is 35.2 Å². The summed E-state index contributed by atoms with van der Waals surface area (Å²) >= 11 is 7.54. The van der Waals surface area contributed by atoms with Crippen molar-refractivity contribution in [3.63, 3.8) is 0 Å². The van der Waals surface area contributed by atoms with Crippen molar-refractivity contribution in [3.8, 4) is 0 Å². The second-order valence-electron chi connectivity index (χ2n) is 5.30. The summed E-state index contributed by atoms with van der Waals surface area (Å²) in [5.74, 6) is 0. The smallest absolute Gasteiger partial charge is 0.0931 e. The van der Waals surface area contributed by atoms with Gasteiger partial charge in [-0.3, -0.25) is 0 Å². The fraction of sp³-hybridized carbons (Fsp3) is 0.714. The molecule has 1 atom stereocenters. The molecule has 1 aliphatic heterocycles. The first-order valence-electron chi connectivity index (χ1n) is 6.80. The molecule has 1 aromatic heterocycles. The van der Waals surface area contributed by atoms with E-state index in [1.54, 1.807) is 11.3 Å². The van der Waals surface area contributed by atoms with Crippen molar-refractivity contribution in [1.82, 2.24) is 4.90 Å². The molecule has 2 rings (SSSR count). The van der Waals surface area contributed by atoms with Gasteiger partial charge in [-0.15, -0.1) is 11.3 Å². The second kappa shape index (κ2) is 6.38. The van der Waals surface area contributed by atoms with E-state index in [-0.39, 0.29) is 0 Å². The minimum Gasteiger partial charge on any atom is -0.389 e. The number of halogens is 1. The average Bonchev–Trinajstić information content (AvgIpc) is 2.62. The van der Waals surface area contributed by atoms with E-state index in [1.165, 1.54) is 11.3 Å². The topological polar surface area (TPSA) is 23.5 Å². The van der Waals surface area contributed by atoms with Crippen molar-refractivity contribution in [2.45, 2.75) is 44.6 Å². The summed E-state index contributed by atoms with van der Waals surface area (Å²) in [6, 6.07) is 3.96. The molecule has 1 saturated heterocycles. The summed E-state index contributed by atoms with van der Waals surface area (Å²) < 4.78 is 0.815. The van der Waals surface area contributed by atoms with Gasteiger partial charge in [0, 0.05) is 17.8 Å². The van der Waals surface area contributed by atoms with E-state index in [2.05, 4.69) is 11.8 Å². The van der Waals surface area contributed by atoms with Crippen molar-refractivity contribution in [3.05, 3.63) is 21.3 Å². The molecule has 0 radical (unpaired) electrons. The number of hydrogen-bond donors (Lipinski definition) is 1. The molecule has 1 fully saturated rings. The van der Waals surface area contributed by atoms with Gasteiger partial charge >= 0.3 is 0 Å². The molecular formula is C14H22ClNOS. The third-order valence-corrected chi connectivity index (χ3v) is 4.91. The molecule has 0 aromatic carbocycles. The molecule has 0 spiro atoms. The number of aliphatic hydroxyl groups is 1. The van der Waals surface area contributed by atoms with E-state index in [9.17, 15) is 5.11 Å². The summed E-state index contributed by atoms with van der Waals surface area (Å²) in [5, 5.41) is 10.7. The fourth-order valence-electron chi connectivity index (χ4n) is 2.72. The van der Waals surface area contributed by atoms with Crippen LogP contribution in [0.25, 0.3) is 0 Å². The van der Waals surface area contributed by atoms with Crippen LogP contribution in [0.5, 0.6) is 0 Å². The van der Waals surface area contributed by atoms with Crippen LogP contribution in [0.4, 0.5) is 0 Å². The van der Waals surface area contributed by atoms with Gasteiger partial charge in [0.2, 0.25) is 0 Å². The largest absolute Gasteiger partial charge is 0.389 e. The van der Waals surface area contributed by atoms with Crippen LogP contribution < -0.4 is 0 Å². The Bertz CT molecular complexity index is 382. The maximum atomic E-state index is 10.7. The Morgan fingerprint density at radius 3 is 2.89 bits per heavy atom. The van der Waals surface area contributed by atoms with Crippen LogP contribution in [0, 0.1) is 0 Å². The molecule has 0 saturated carbocycles. The highest BCUT2D eigenvalue weighted by Crippen LogP contribution is 2.30. The lowest BCUT2D eigenvalue weighted by Crippen LogP contribution is -2.33. The van der Waals surface area contributed by atoms with Crippen molar-refractivity contribution < 1.29 is 5.11 Å². The average molecular weight is 288 g/mol. The monoisotopic (exact) mass is 287 g/mol. The number of hydrogen-bond acceptors (Lipinski definition) is 3. The Morgan fingerprint density at radius 1 is 1.39 bits per heavy atom. The molecule has 1 aromatic rings. The minimum absolute atomic E-state index is 0.531. The van der Waals surface area contributed by atoms with Gasteiger partial charge < -0.3 is 10.0 Å². The van der Waals surface area contributed by atoms with Crippen LogP contribution in [0.2, 0.25) is 4.34 Å². The van der Waals surface area contributed by atoms with Gasteiger partial charge in [0.25, 0.3) is 0 Å². The predicted octanol–water partition coefficient (Wildman–Crippen LogP) is 3.57. The fourth-order valence-corrected chi connectivity index (χ4v) is 3.95. The lowest BCUT2D eigenvalue weighted by molar-refractivity contribution is 0.0264. The molecule has 2 heterocycles. The van der Waals surface area contributed by atoms with Crippen LogP contribution >= 0.6 is 22.9 Å². The zero-order valence-corrected chi connectivity index (χ0v) is 12.6. The molecule has 2 nitrogen and oxygen atoms in total. The number of thiophene rings is 1. The molecule has 0 bridgehead atoms. The Morgan fingerprint density at radius 2 is 2.22 bits per heavy atom. The Kier molecular flexibility index (Phi) is 5.07. The predicted molar refractivity (Wildman–Crippen MR) is 78.6 cm³/mol. The highest BCUT2D eigenvalue weighted by atomic mass is 35.5. The van der Waals surface area contributed by atoms with Crippen LogP contribution in [-0.2, 0) is 6.42 Å². The van der Waals surface area contributed by atoms with E-state index >= 15 is 0 Å². The summed E-state index contributed by atoms with van der Waals surface area (Å²) in [6.45, 7) is 5.51. The quantitative estimate of drug-likeness (QED) is 0.915. The lowest BCUT2D eigenvalue weighted by Gasteiger charge is -2.26. The van der Waals surface area contributed by atoms with E-state index in [0.717, 1.165) is 49.7 Å². The van der Waals surface area contributed by atoms with Crippen molar-refractivity contribution >= 4 is 22.9 Å². The van der Waals surface area contributed by atoms with Gasteiger partial charge in [-0.25, -0.2) is 0 Å². The molecule has 18 heavy (non-hydrogen) atoms. The van der Waals surface area contributed by atoms with Crippen LogP contribution in [0.1, 0.15) is 37.5 Å². The van der Waals surface area contributed by atoms with Gasteiger partial charge in [0.05, 0.1) is 9.94 Å². The molecule has 1 aliphatic rings. The minimum atomic E-state index is -0.531. The third-order valence-electron chi connectivity index (χ3n) is 3.68. The molecule has 0 amide bonds. The van der Waals surface area contributed by atoms with E-state index in [1.807, 2.05) is 12.1 Å². The maximum absolute atomic E-state index is 10.7. The highest BCUT2D eigenvalue weighted by Gasteiger charge is 2.30. The van der Waals surface area contributed by atoms with Crippen molar-refractivity contribution in [2.24, 2.45) is 0 Å². The van der Waals surface area contributed by atoms with E-state index in [0.29, 0.717) is 0 Å². The molecule has 1 N–H and O–H groups in total. The van der Waals surface area contributed by atoms with Crippen LogP contribution in [0.15, 0.2) is 12.1 Å². The molecule has 0 aliphatic carbocycles. The first kappa shape index (κ1) is 14.3. The van der Waals surface area contributed by atoms with E-state index < -0.39 is 5.60 Å². The van der Waals surface area contributed by atoms with Gasteiger partial charge in [-0.1, -0.05) is 18.5 Å². The lowest BCUT2D eigenvalue weighted by atomic mass is 9.90. The first-order chi connectivity index (χ1) is 8.61. The number of likely N-dealkylation sites (tertiary alicyclic amines) is 1. The van der Waals surface area contributed by atoms with Gasteiger partial charge in [0.15, 0.2) is 0 Å². The van der Waals surface area contributed by atoms with E-state index in [4.69, 9.17) is 11.6 Å². The van der Waals surface area contributed by atoms with Gasteiger partial charge in [-0.2, -0.15) is 0 Å². The summed E-state index contributed by atoms with van der Waals surface area (Å²) in [4.78, 5) is 3.67. The summed E-state index contributed by atoms with van der Waals surface area (Å²) in [6.07, 6.45) is 4.82. The number of rotatable bonds is 4. The zero-order chi connectivity index (χ0) is 13.0. The SMILES string of the molecule is CCCN1CCCC(O)(Cc2ccc(Cl)s2)CC1. The molecule has 1 unspecified atom stereocenters. The van der Waals surface area contributed by atoms with Crippen molar-refractivity contribution in [1.29, 1.82) is 0 Å². The standard InChI is InChI=1S/C14H22ClNOS/c1-2-8-16-9-3-6-14(17,7-10-16)11-12-4-5-13(15)18-12/h4-5,17H,2-3,6-11H2,1H3. The van der Waals surface area contributed by atoms with Gasteiger partial charge in [-0.05, 0) is 50.9 Å². The normalized spacial score (nSPS) is 26.2. The van der Waals surface area contributed by atoms with Crippen LogP contribution in [0.3, 0.4) is 0 Å². The highest BCUT2D eigenvalue weighted by molar-refractivity contribution is 7.16. The summed E-state index contributed by atoms with van der Waals surface area (Å²) in [7, 11) is 0. The van der Waals surface area contributed by atoms with Gasteiger partial charge in [0.1, 0.15) is 0 Å². The van der Waals surface area contributed by atoms with Crippen molar-refractivity contribution in [2.75, 3.05) is 19.6 Å². The Labute approximate surface area is 119 Å². The Hall–Kier alpha value is -0.0900. The first-order valence-corrected chi connectivity index (χ1v) is 8.00.